The van der Waals surface area contributed by atoms with Crippen molar-refractivity contribution in [2.45, 2.75) is 32.6 Å². The fourth-order valence-corrected chi connectivity index (χ4v) is 4.22. The molecule has 1 saturated heterocycles. The van der Waals surface area contributed by atoms with Crippen molar-refractivity contribution in [3.63, 3.8) is 0 Å². The van der Waals surface area contributed by atoms with E-state index in [4.69, 9.17) is 4.98 Å². The van der Waals surface area contributed by atoms with Crippen LogP contribution in [0.1, 0.15) is 32.0 Å². The molecule has 0 radical (unpaired) electrons. The van der Waals surface area contributed by atoms with E-state index in [-0.39, 0.29) is 18.3 Å². The van der Waals surface area contributed by atoms with E-state index >= 15 is 0 Å². The number of carbonyl (C=O) groups is 1. The van der Waals surface area contributed by atoms with Gasteiger partial charge in [-0.05, 0) is 56.1 Å². The zero-order chi connectivity index (χ0) is 20.1. The highest BCUT2D eigenvalue weighted by Gasteiger charge is 2.23. The number of piperidine rings is 1. The smallest absolute Gasteiger partial charge is 0.223 e. The number of benzene rings is 2. The molecule has 160 valence electrons. The summed E-state index contributed by atoms with van der Waals surface area (Å²) < 4.78 is 2.19. The third-order valence-electron chi connectivity index (χ3n) is 5.86. The number of para-hydroxylation sites is 3. The Balaban J connectivity index is 0.00000256. The molecule has 0 unspecified atom stereocenters. The van der Waals surface area contributed by atoms with Crippen LogP contribution >= 0.6 is 12.4 Å². The average molecular weight is 427 g/mol. The average Bonchev–Trinajstić information content (AvgIpc) is 3.15. The van der Waals surface area contributed by atoms with Crippen molar-refractivity contribution in [2.75, 3.05) is 26.2 Å². The van der Waals surface area contributed by atoms with Crippen molar-refractivity contribution in [3.05, 3.63) is 60.4 Å². The van der Waals surface area contributed by atoms with Crippen LogP contribution in [0.2, 0.25) is 0 Å². The predicted octanol–water partition coefficient (Wildman–Crippen LogP) is 4.23. The standard InChI is InChI=1S/C24H30N4O.ClH/c1-2-25-18-19-14-16-27(17-15-19)24(29)13-12-23-26-21-10-6-7-11-22(21)28(23)20-8-4-3-5-9-20;/h3-11,19,25H,2,12-18H2,1H3;1H. The van der Waals surface area contributed by atoms with Crippen LogP contribution in [-0.4, -0.2) is 46.5 Å². The van der Waals surface area contributed by atoms with E-state index < -0.39 is 0 Å². The van der Waals surface area contributed by atoms with Crippen LogP contribution < -0.4 is 5.32 Å². The molecular formula is C24H31ClN4O. The van der Waals surface area contributed by atoms with E-state index in [1.54, 1.807) is 0 Å². The van der Waals surface area contributed by atoms with Crippen LogP contribution in [-0.2, 0) is 11.2 Å². The van der Waals surface area contributed by atoms with Crippen molar-refractivity contribution < 1.29 is 4.79 Å². The summed E-state index contributed by atoms with van der Waals surface area (Å²) >= 11 is 0. The highest BCUT2D eigenvalue weighted by atomic mass is 35.5. The molecule has 1 N–H and O–H groups in total. The van der Waals surface area contributed by atoms with Crippen LogP contribution in [0.5, 0.6) is 0 Å². The van der Waals surface area contributed by atoms with Gasteiger partial charge in [-0.15, -0.1) is 12.4 Å². The highest BCUT2D eigenvalue weighted by Crippen LogP contribution is 2.23. The lowest BCUT2D eigenvalue weighted by Crippen LogP contribution is -2.40. The number of hydrogen-bond donors (Lipinski definition) is 1. The van der Waals surface area contributed by atoms with Crippen LogP contribution in [0.15, 0.2) is 54.6 Å². The van der Waals surface area contributed by atoms with Gasteiger partial charge >= 0.3 is 0 Å². The lowest BCUT2D eigenvalue weighted by Gasteiger charge is -2.32. The molecule has 2 aromatic carbocycles. The van der Waals surface area contributed by atoms with Crippen LogP contribution in [0.3, 0.4) is 0 Å². The Hall–Kier alpha value is -2.37. The first-order valence-corrected chi connectivity index (χ1v) is 10.8. The van der Waals surface area contributed by atoms with E-state index in [0.29, 0.717) is 18.8 Å². The minimum Gasteiger partial charge on any atom is -0.343 e. The van der Waals surface area contributed by atoms with Crippen molar-refractivity contribution in [2.24, 2.45) is 5.92 Å². The van der Waals surface area contributed by atoms with Gasteiger partial charge in [0.1, 0.15) is 5.82 Å². The van der Waals surface area contributed by atoms with Gasteiger partial charge in [-0.1, -0.05) is 37.3 Å². The van der Waals surface area contributed by atoms with Gasteiger partial charge in [-0.3, -0.25) is 9.36 Å². The molecule has 5 nitrogen and oxygen atoms in total. The zero-order valence-corrected chi connectivity index (χ0v) is 18.4. The minimum absolute atomic E-state index is 0. The van der Waals surface area contributed by atoms with Gasteiger partial charge in [0, 0.05) is 31.6 Å². The molecule has 1 aromatic heterocycles. The Morgan fingerprint density at radius 1 is 1.07 bits per heavy atom. The fraction of sp³-hybridized carbons (Fsp3) is 0.417. The van der Waals surface area contributed by atoms with Crippen LogP contribution in [0, 0.1) is 5.92 Å². The van der Waals surface area contributed by atoms with E-state index in [1.807, 2.05) is 41.3 Å². The van der Waals surface area contributed by atoms with Gasteiger partial charge in [-0.2, -0.15) is 0 Å². The quantitative estimate of drug-likeness (QED) is 0.615. The number of halogens is 1. The van der Waals surface area contributed by atoms with Gasteiger partial charge in [-0.25, -0.2) is 4.98 Å². The number of imidazole rings is 1. The molecule has 30 heavy (non-hydrogen) atoms. The Morgan fingerprint density at radius 3 is 2.50 bits per heavy atom. The van der Waals surface area contributed by atoms with Gasteiger partial charge in [0.15, 0.2) is 0 Å². The maximum atomic E-state index is 12.8. The van der Waals surface area contributed by atoms with Crippen molar-refractivity contribution in [1.29, 1.82) is 0 Å². The van der Waals surface area contributed by atoms with Crippen LogP contribution in [0.25, 0.3) is 16.7 Å². The third-order valence-corrected chi connectivity index (χ3v) is 5.86. The first kappa shape index (κ1) is 22.3. The number of nitrogens with one attached hydrogen (secondary N) is 1. The summed E-state index contributed by atoms with van der Waals surface area (Å²) in [6, 6.07) is 18.5. The Morgan fingerprint density at radius 2 is 1.77 bits per heavy atom. The molecule has 0 aliphatic carbocycles. The largest absolute Gasteiger partial charge is 0.343 e. The molecule has 0 atom stereocenters. The van der Waals surface area contributed by atoms with E-state index in [2.05, 4.69) is 35.0 Å². The van der Waals surface area contributed by atoms with E-state index in [1.165, 1.54) is 0 Å². The summed E-state index contributed by atoms with van der Waals surface area (Å²) in [5.41, 5.74) is 3.15. The SMILES string of the molecule is CCNCC1CCN(C(=O)CCc2nc3ccccc3n2-c2ccccc2)CC1.Cl. The monoisotopic (exact) mass is 426 g/mol. The number of hydrogen-bond acceptors (Lipinski definition) is 3. The number of nitrogens with zero attached hydrogens (tertiary/aromatic N) is 3. The summed E-state index contributed by atoms with van der Waals surface area (Å²) in [6.07, 6.45) is 3.36. The van der Waals surface area contributed by atoms with E-state index in [9.17, 15) is 4.79 Å². The molecule has 2 heterocycles. The molecule has 1 aliphatic rings. The normalized spacial score (nSPS) is 14.6. The minimum atomic E-state index is 0. The predicted molar refractivity (Wildman–Crippen MR) is 124 cm³/mol. The summed E-state index contributed by atoms with van der Waals surface area (Å²) in [4.78, 5) is 19.7. The maximum absolute atomic E-state index is 12.8. The summed E-state index contributed by atoms with van der Waals surface area (Å²) in [5.74, 6) is 1.90. The molecule has 4 rings (SSSR count). The first-order chi connectivity index (χ1) is 14.3. The van der Waals surface area contributed by atoms with Gasteiger partial charge in [0.2, 0.25) is 5.91 Å². The Labute approximate surface area is 184 Å². The topological polar surface area (TPSA) is 50.2 Å². The molecular weight excluding hydrogens is 396 g/mol. The number of carbonyl (C=O) groups excluding carboxylic acids is 1. The number of aromatic nitrogens is 2. The second kappa shape index (κ2) is 10.6. The van der Waals surface area contributed by atoms with Crippen molar-refractivity contribution in [3.8, 4) is 5.69 Å². The number of aryl methyl sites for hydroxylation is 1. The molecule has 0 saturated carbocycles. The number of fused-ring (bicyclic) bond motifs is 1. The first-order valence-electron chi connectivity index (χ1n) is 10.8. The molecule has 1 aliphatic heterocycles. The highest BCUT2D eigenvalue weighted by molar-refractivity contribution is 5.85. The second-order valence-corrected chi connectivity index (χ2v) is 7.82. The third kappa shape index (κ3) is 5.02. The molecule has 1 amide bonds. The summed E-state index contributed by atoms with van der Waals surface area (Å²) in [5, 5.41) is 3.43. The molecule has 0 spiro atoms. The number of likely N-dealkylation sites (tertiary alicyclic amines) is 1. The van der Waals surface area contributed by atoms with Gasteiger partial charge < -0.3 is 10.2 Å². The summed E-state index contributed by atoms with van der Waals surface area (Å²) in [6.45, 7) is 5.98. The Bertz CT molecular complexity index is 948. The molecule has 6 heteroatoms. The summed E-state index contributed by atoms with van der Waals surface area (Å²) in [7, 11) is 0. The van der Waals surface area contributed by atoms with Crippen molar-refractivity contribution >= 4 is 29.3 Å². The fourth-order valence-electron chi connectivity index (χ4n) is 4.22. The van der Waals surface area contributed by atoms with Gasteiger partial charge in [0.25, 0.3) is 0 Å². The number of rotatable bonds is 7. The Kier molecular flexibility index (Phi) is 7.88. The molecule has 1 fully saturated rings. The van der Waals surface area contributed by atoms with E-state index in [0.717, 1.165) is 61.6 Å². The molecule has 3 aromatic rings. The lowest BCUT2D eigenvalue weighted by molar-refractivity contribution is -0.132. The second-order valence-electron chi connectivity index (χ2n) is 7.82. The number of amides is 1. The zero-order valence-electron chi connectivity index (χ0n) is 17.6. The van der Waals surface area contributed by atoms with Crippen LogP contribution in [0.4, 0.5) is 0 Å². The van der Waals surface area contributed by atoms with Crippen molar-refractivity contribution in [1.82, 2.24) is 19.8 Å². The molecule has 0 bridgehead atoms. The maximum Gasteiger partial charge on any atom is 0.223 e. The lowest BCUT2D eigenvalue weighted by atomic mass is 9.96. The van der Waals surface area contributed by atoms with Gasteiger partial charge in [0.05, 0.1) is 11.0 Å².